The highest BCUT2D eigenvalue weighted by Gasteiger charge is 2.22. The van der Waals surface area contributed by atoms with Crippen LogP contribution in [0.2, 0.25) is 0 Å². The Morgan fingerprint density at radius 1 is 0.786 bits per heavy atom. The van der Waals surface area contributed by atoms with E-state index in [0.29, 0.717) is 6.42 Å². The van der Waals surface area contributed by atoms with Crippen LogP contribution < -0.4 is 0 Å². The lowest BCUT2D eigenvalue weighted by Crippen LogP contribution is -2.13. The third kappa shape index (κ3) is 5.96. The molecule has 1 aliphatic carbocycles. The molecule has 1 fully saturated rings. The molecular weight excluding hydrogens is 338 g/mol. The lowest BCUT2D eigenvalue weighted by Gasteiger charge is -2.29. The molecule has 0 unspecified atom stereocenters. The first-order chi connectivity index (χ1) is 13.8. The molecule has 0 radical (unpaired) electrons. The molecule has 0 spiro atoms. The van der Waals surface area contributed by atoms with Crippen LogP contribution in [0.25, 0.3) is 11.1 Å². The Labute approximate surface area is 171 Å². The van der Waals surface area contributed by atoms with Crippen LogP contribution in [0.5, 0.6) is 0 Å². The molecule has 0 N–H and O–H groups in total. The second-order valence-electron chi connectivity index (χ2n) is 8.57. The summed E-state index contributed by atoms with van der Waals surface area (Å²) in [6.45, 7) is 2.29. The van der Waals surface area contributed by atoms with E-state index in [1.165, 1.54) is 80.9 Å². The first-order valence-electron chi connectivity index (χ1n) is 11.4. The van der Waals surface area contributed by atoms with Gasteiger partial charge in [-0.05, 0) is 59.8 Å². The summed E-state index contributed by atoms with van der Waals surface area (Å²) in [6, 6.07) is 19.8. The predicted molar refractivity (Wildman–Crippen MR) is 119 cm³/mol. The van der Waals surface area contributed by atoms with E-state index in [0.717, 1.165) is 17.4 Å². The first kappa shape index (κ1) is 20.7. The molecule has 148 valence electrons. The molecule has 1 saturated carbocycles. The fourth-order valence-electron chi connectivity index (χ4n) is 4.68. The second kappa shape index (κ2) is 11.1. The van der Waals surface area contributed by atoms with Gasteiger partial charge in [-0.2, -0.15) is 5.26 Å². The van der Waals surface area contributed by atoms with E-state index >= 15 is 0 Å². The summed E-state index contributed by atoms with van der Waals surface area (Å²) in [4.78, 5) is 0. The smallest absolute Gasteiger partial charge is 0.0669 e. The molecule has 3 rings (SSSR count). The highest BCUT2D eigenvalue weighted by Crippen LogP contribution is 2.38. The van der Waals surface area contributed by atoms with Crippen molar-refractivity contribution in [3.8, 4) is 17.2 Å². The number of hydrogen-bond acceptors (Lipinski definition) is 1. The Bertz CT molecular complexity index is 727. The molecule has 2 aromatic rings. The van der Waals surface area contributed by atoms with Gasteiger partial charge in [-0.25, -0.2) is 0 Å². The van der Waals surface area contributed by atoms with Crippen LogP contribution in [0.1, 0.15) is 88.2 Å². The summed E-state index contributed by atoms with van der Waals surface area (Å²) in [5, 5.41) is 8.80. The van der Waals surface area contributed by atoms with Crippen molar-refractivity contribution in [1.82, 2.24) is 0 Å². The van der Waals surface area contributed by atoms with E-state index in [1.807, 2.05) is 0 Å². The number of hydrogen-bond donors (Lipinski definition) is 0. The number of nitrogens with zero attached hydrogens (tertiary/aromatic N) is 1. The average molecular weight is 374 g/mol. The normalized spacial score (nSPS) is 19.3. The molecule has 0 heterocycles. The van der Waals surface area contributed by atoms with Gasteiger partial charge in [0.1, 0.15) is 0 Å². The summed E-state index contributed by atoms with van der Waals surface area (Å²) in [6.07, 6.45) is 14.6. The van der Waals surface area contributed by atoms with Gasteiger partial charge in [0.2, 0.25) is 0 Å². The van der Waals surface area contributed by atoms with Crippen LogP contribution in [0.3, 0.4) is 0 Å². The van der Waals surface area contributed by atoms with Crippen LogP contribution in [0.15, 0.2) is 48.5 Å². The first-order valence-corrected chi connectivity index (χ1v) is 11.4. The van der Waals surface area contributed by atoms with Crippen molar-refractivity contribution in [1.29, 1.82) is 5.26 Å². The molecule has 1 aliphatic rings. The summed E-state index contributed by atoms with van der Waals surface area (Å²) >= 11 is 0. The standard InChI is InChI=1S/C27H35N/c1-2-3-4-5-6-7-22-8-12-24(13-9-22)26-16-18-27(19-17-26)25-14-10-23(11-15-25)20-21-28/h10-11,14-19,22,24H,2-9,12-13,20H2,1H3. The molecule has 0 aliphatic heterocycles. The molecule has 0 aromatic heterocycles. The fraction of sp³-hybridized carbons (Fsp3) is 0.519. The van der Waals surface area contributed by atoms with Crippen molar-refractivity contribution >= 4 is 0 Å². The van der Waals surface area contributed by atoms with Crippen LogP contribution in [0.4, 0.5) is 0 Å². The molecule has 28 heavy (non-hydrogen) atoms. The molecule has 0 atom stereocenters. The van der Waals surface area contributed by atoms with Crippen molar-refractivity contribution in [2.24, 2.45) is 5.92 Å². The Balaban J connectivity index is 1.47. The third-order valence-corrected chi connectivity index (χ3v) is 6.52. The maximum atomic E-state index is 8.80. The monoisotopic (exact) mass is 373 g/mol. The van der Waals surface area contributed by atoms with Crippen LogP contribution in [0, 0.1) is 17.2 Å². The topological polar surface area (TPSA) is 23.8 Å². The van der Waals surface area contributed by atoms with Gasteiger partial charge in [0.25, 0.3) is 0 Å². The SMILES string of the molecule is CCCCCCCC1CCC(c2ccc(-c3ccc(CC#N)cc3)cc2)CC1. The zero-order valence-corrected chi connectivity index (χ0v) is 17.5. The van der Waals surface area contributed by atoms with E-state index in [9.17, 15) is 0 Å². The van der Waals surface area contributed by atoms with Gasteiger partial charge in [-0.3, -0.25) is 0 Å². The van der Waals surface area contributed by atoms with Gasteiger partial charge in [-0.1, -0.05) is 94.0 Å². The lowest BCUT2D eigenvalue weighted by molar-refractivity contribution is 0.302. The maximum absolute atomic E-state index is 8.80. The Kier molecular flexibility index (Phi) is 8.16. The summed E-state index contributed by atoms with van der Waals surface area (Å²) in [5.41, 5.74) is 5.12. The van der Waals surface area contributed by atoms with E-state index in [4.69, 9.17) is 5.26 Å². The van der Waals surface area contributed by atoms with Gasteiger partial charge >= 0.3 is 0 Å². The second-order valence-corrected chi connectivity index (χ2v) is 8.57. The van der Waals surface area contributed by atoms with Gasteiger partial charge in [-0.15, -0.1) is 0 Å². The van der Waals surface area contributed by atoms with Crippen molar-refractivity contribution in [3.05, 3.63) is 59.7 Å². The summed E-state index contributed by atoms with van der Waals surface area (Å²) < 4.78 is 0. The zero-order chi connectivity index (χ0) is 19.6. The molecule has 1 nitrogen and oxygen atoms in total. The molecule has 1 heteroatoms. The van der Waals surface area contributed by atoms with Crippen LogP contribution in [-0.2, 0) is 6.42 Å². The van der Waals surface area contributed by atoms with Crippen LogP contribution in [-0.4, -0.2) is 0 Å². The summed E-state index contributed by atoms with van der Waals surface area (Å²) in [7, 11) is 0. The summed E-state index contributed by atoms with van der Waals surface area (Å²) in [5.74, 6) is 1.73. The highest BCUT2D eigenvalue weighted by molar-refractivity contribution is 5.64. The maximum Gasteiger partial charge on any atom is 0.0669 e. The van der Waals surface area contributed by atoms with Gasteiger partial charge in [0.05, 0.1) is 12.5 Å². The molecule has 2 aromatic carbocycles. The van der Waals surface area contributed by atoms with Crippen molar-refractivity contribution in [2.45, 2.75) is 83.5 Å². The Morgan fingerprint density at radius 3 is 2.00 bits per heavy atom. The van der Waals surface area contributed by atoms with Gasteiger partial charge < -0.3 is 0 Å². The van der Waals surface area contributed by atoms with Gasteiger partial charge in [0.15, 0.2) is 0 Å². The molecule has 0 amide bonds. The highest BCUT2D eigenvalue weighted by atomic mass is 14.3. The molecule has 0 saturated heterocycles. The van der Waals surface area contributed by atoms with Gasteiger partial charge in [0, 0.05) is 0 Å². The number of benzene rings is 2. The van der Waals surface area contributed by atoms with Crippen LogP contribution >= 0.6 is 0 Å². The number of unbranched alkanes of at least 4 members (excludes halogenated alkanes) is 4. The van der Waals surface area contributed by atoms with Crippen molar-refractivity contribution in [2.75, 3.05) is 0 Å². The minimum atomic E-state index is 0.487. The number of nitriles is 1. The predicted octanol–water partition coefficient (Wildman–Crippen LogP) is 8.05. The fourth-order valence-corrected chi connectivity index (χ4v) is 4.68. The Hall–Kier alpha value is -2.07. The zero-order valence-electron chi connectivity index (χ0n) is 17.5. The third-order valence-electron chi connectivity index (χ3n) is 6.52. The van der Waals surface area contributed by atoms with E-state index in [-0.39, 0.29) is 0 Å². The van der Waals surface area contributed by atoms with E-state index in [1.54, 1.807) is 0 Å². The van der Waals surface area contributed by atoms with Crippen molar-refractivity contribution < 1.29 is 0 Å². The lowest BCUT2D eigenvalue weighted by atomic mass is 9.77. The Morgan fingerprint density at radius 2 is 1.39 bits per heavy atom. The quantitative estimate of drug-likeness (QED) is 0.408. The molecule has 0 bridgehead atoms. The van der Waals surface area contributed by atoms with E-state index < -0.39 is 0 Å². The minimum absolute atomic E-state index is 0.487. The van der Waals surface area contributed by atoms with E-state index in [2.05, 4.69) is 61.5 Å². The molecular formula is C27H35N. The number of rotatable bonds is 9. The average Bonchev–Trinajstić information content (AvgIpc) is 2.75. The van der Waals surface area contributed by atoms with Crippen molar-refractivity contribution in [3.63, 3.8) is 0 Å². The largest absolute Gasteiger partial charge is 0.198 e. The minimum Gasteiger partial charge on any atom is -0.198 e.